The molecule has 0 spiro atoms. The van der Waals surface area contributed by atoms with E-state index in [0.29, 0.717) is 0 Å². The molecule has 13 heavy (non-hydrogen) atoms. The molecule has 0 saturated carbocycles. The highest BCUT2D eigenvalue weighted by molar-refractivity contribution is 7.80. The van der Waals surface area contributed by atoms with Crippen LogP contribution >= 0.6 is 12.6 Å². The van der Waals surface area contributed by atoms with E-state index in [2.05, 4.69) is 37.1 Å². The van der Waals surface area contributed by atoms with Crippen molar-refractivity contribution in [3.63, 3.8) is 0 Å². The Balaban J connectivity index is 4.02. The van der Waals surface area contributed by atoms with Crippen molar-refractivity contribution in [3.05, 3.63) is 0 Å². The number of carbonyl (C=O) groups excluding carboxylic acids is 1. The van der Waals surface area contributed by atoms with Crippen molar-refractivity contribution in [3.8, 4) is 0 Å². The van der Waals surface area contributed by atoms with Gasteiger partial charge >= 0.3 is 0 Å². The van der Waals surface area contributed by atoms with E-state index in [1.165, 1.54) is 0 Å². The summed E-state index contributed by atoms with van der Waals surface area (Å²) >= 11 is 4.26. The average molecular weight is 204 g/mol. The second-order valence-electron chi connectivity index (χ2n) is 3.03. The van der Waals surface area contributed by atoms with E-state index < -0.39 is 0 Å². The standard InChI is InChI=1S/C9H20N2OS/c1-3-5-8(11-7-12)9(6-13)10-4-2/h7-10,13H,3-6H2,1-2H3,(H,11,12)/t8-,9+/m1/s1. The first-order valence-electron chi connectivity index (χ1n) is 4.84. The lowest BCUT2D eigenvalue weighted by atomic mass is 10.1. The van der Waals surface area contributed by atoms with Crippen LogP contribution in [0.25, 0.3) is 0 Å². The van der Waals surface area contributed by atoms with E-state index in [9.17, 15) is 4.79 Å². The maximum absolute atomic E-state index is 10.4. The van der Waals surface area contributed by atoms with Crippen LogP contribution in [0.3, 0.4) is 0 Å². The van der Waals surface area contributed by atoms with Crippen LogP contribution in [0.4, 0.5) is 0 Å². The lowest BCUT2D eigenvalue weighted by Crippen LogP contribution is -2.48. The molecule has 0 aromatic carbocycles. The first kappa shape index (κ1) is 12.8. The second-order valence-corrected chi connectivity index (χ2v) is 3.39. The lowest BCUT2D eigenvalue weighted by molar-refractivity contribution is -0.110. The third kappa shape index (κ3) is 5.16. The zero-order valence-electron chi connectivity index (χ0n) is 8.42. The summed E-state index contributed by atoms with van der Waals surface area (Å²) in [7, 11) is 0. The van der Waals surface area contributed by atoms with Gasteiger partial charge in [0.2, 0.25) is 6.41 Å². The summed E-state index contributed by atoms with van der Waals surface area (Å²) in [6.07, 6.45) is 2.84. The third-order valence-corrected chi connectivity index (χ3v) is 2.42. The molecule has 0 aromatic heterocycles. The Morgan fingerprint density at radius 2 is 2.08 bits per heavy atom. The molecule has 2 N–H and O–H groups in total. The topological polar surface area (TPSA) is 41.1 Å². The number of hydrogen-bond acceptors (Lipinski definition) is 3. The van der Waals surface area contributed by atoms with Crippen molar-refractivity contribution in [2.24, 2.45) is 0 Å². The molecule has 0 aliphatic carbocycles. The Morgan fingerprint density at radius 3 is 2.46 bits per heavy atom. The van der Waals surface area contributed by atoms with Crippen LogP contribution in [0.5, 0.6) is 0 Å². The smallest absolute Gasteiger partial charge is 0.207 e. The molecule has 0 rings (SSSR count). The van der Waals surface area contributed by atoms with E-state index in [4.69, 9.17) is 0 Å². The normalized spacial score (nSPS) is 15.0. The molecule has 0 aromatic rings. The molecule has 2 atom stereocenters. The van der Waals surface area contributed by atoms with Gasteiger partial charge in [0.25, 0.3) is 0 Å². The maximum atomic E-state index is 10.4. The molecule has 4 heteroatoms. The fourth-order valence-corrected chi connectivity index (χ4v) is 1.78. The number of nitrogens with one attached hydrogen (secondary N) is 2. The van der Waals surface area contributed by atoms with E-state index in [0.717, 1.165) is 31.5 Å². The predicted octanol–water partition coefficient (Wildman–Crippen LogP) is 0.809. The van der Waals surface area contributed by atoms with Gasteiger partial charge in [-0.25, -0.2) is 0 Å². The molecule has 1 amide bonds. The summed E-state index contributed by atoms with van der Waals surface area (Å²) in [5, 5.41) is 6.13. The van der Waals surface area contributed by atoms with Crippen LogP contribution in [-0.2, 0) is 4.79 Å². The number of likely N-dealkylation sites (N-methyl/N-ethyl adjacent to an activating group) is 1. The quantitative estimate of drug-likeness (QED) is 0.404. The van der Waals surface area contributed by atoms with Crippen molar-refractivity contribution >= 4 is 19.0 Å². The lowest BCUT2D eigenvalue weighted by Gasteiger charge is -2.25. The summed E-state index contributed by atoms with van der Waals surface area (Å²) in [5.74, 6) is 0.749. The van der Waals surface area contributed by atoms with Gasteiger partial charge in [-0.05, 0) is 13.0 Å². The van der Waals surface area contributed by atoms with Crippen molar-refractivity contribution in [1.29, 1.82) is 0 Å². The van der Waals surface area contributed by atoms with Crippen molar-refractivity contribution in [2.75, 3.05) is 12.3 Å². The van der Waals surface area contributed by atoms with Crippen LogP contribution in [0, 0.1) is 0 Å². The molecule has 78 valence electrons. The zero-order valence-corrected chi connectivity index (χ0v) is 9.31. The molecule has 0 bridgehead atoms. The van der Waals surface area contributed by atoms with Gasteiger partial charge < -0.3 is 10.6 Å². The number of carbonyl (C=O) groups is 1. The molecule has 0 aliphatic rings. The number of amides is 1. The van der Waals surface area contributed by atoms with Crippen molar-refractivity contribution < 1.29 is 4.79 Å². The highest BCUT2D eigenvalue weighted by Gasteiger charge is 2.17. The van der Waals surface area contributed by atoms with Gasteiger partial charge in [-0.3, -0.25) is 4.79 Å². The second kappa shape index (κ2) is 8.38. The fraction of sp³-hybridized carbons (Fsp3) is 0.889. The van der Waals surface area contributed by atoms with Gasteiger partial charge in [-0.2, -0.15) is 12.6 Å². The van der Waals surface area contributed by atoms with Gasteiger partial charge in [0.1, 0.15) is 0 Å². The van der Waals surface area contributed by atoms with Crippen LogP contribution in [-0.4, -0.2) is 30.8 Å². The van der Waals surface area contributed by atoms with Gasteiger partial charge in [0.05, 0.1) is 0 Å². The van der Waals surface area contributed by atoms with Crippen LogP contribution in [0.2, 0.25) is 0 Å². The minimum atomic E-state index is 0.208. The van der Waals surface area contributed by atoms with Gasteiger partial charge in [0, 0.05) is 17.8 Å². The number of hydrogen-bond donors (Lipinski definition) is 3. The minimum absolute atomic E-state index is 0.208. The summed E-state index contributed by atoms with van der Waals surface area (Å²) in [6, 6.07) is 0.485. The maximum Gasteiger partial charge on any atom is 0.207 e. The molecule has 0 radical (unpaired) electrons. The Kier molecular flexibility index (Phi) is 8.24. The molecule has 0 aliphatic heterocycles. The first-order chi connectivity index (χ1) is 6.29. The summed E-state index contributed by atoms with van der Waals surface area (Å²) < 4.78 is 0. The van der Waals surface area contributed by atoms with E-state index in [1.54, 1.807) is 0 Å². The van der Waals surface area contributed by atoms with Crippen molar-refractivity contribution in [2.45, 2.75) is 38.8 Å². The molecule has 0 fully saturated rings. The van der Waals surface area contributed by atoms with E-state index >= 15 is 0 Å². The highest BCUT2D eigenvalue weighted by Crippen LogP contribution is 2.03. The molecule has 0 saturated heterocycles. The van der Waals surface area contributed by atoms with Gasteiger partial charge in [0.15, 0.2) is 0 Å². The van der Waals surface area contributed by atoms with Crippen LogP contribution < -0.4 is 10.6 Å². The molecule has 3 nitrogen and oxygen atoms in total. The summed E-state index contributed by atoms with van der Waals surface area (Å²) in [5.41, 5.74) is 0. The molecular weight excluding hydrogens is 184 g/mol. The SMILES string of the molecule is CCC[C@@H](NC=O)[C@H](CS)NCC. The zero-order chi connectivity index (χ0) is 10.1. The Hall–Kier alpha value is -0.220. The fourth-order valence-electron chi connectivity index (χ4n) is 1.40. The highest BCUT2D eigenvalue weighted by atomic mass is 32.1. The molecular formula is C9H20N2OS. The van der Waals surface area contributed by atoms with Crippen molar-refractivity contribution in [1.82, 2.24) is 10.6 Å². The van der Waals surface area contributed by atoms with E-state index in [1.807, 2.05) is 0 Å². The number of rotatable bonds is 8. The van der Waals surface area contributed by atoms with Crippen LogP contribution in [0.1, 0.15) is 26.7 Å². The van der Waals surface area contributed by atoms with E-state index in [-0.39, 0.29) is 12.1 Å². The first-order valence-corrected chi connectivity index (χ1v) is 5.47. The van der Waals surface area contributed by atoms with Gasteiger partial charge in [-0.15, -0.1) is 0 Å². The van der Waals surface area contributed by atoms with Gasteiger partial charge in [-0.1, -0.05) is 20.3 Å². The molecule has 0 heterocycles. The Morgan fingerprint density at radius 1 is 1.38 bits per heavy atom. The summed E-state index contributed by atoms with van der Waals surface area (Å²) in [4.78, 5) is 10.4. The largest absolute Gasteiger partial charge is 0.354 e. The van der Waals surface area contributed by atoms with Crippen LogP contribution in [0.15, 0.2) is 0 Å². The Bertz CT molecular complexity index is 133. The molecule has 0 unspecified atom stereocenters. The minimum Gasteiger partial charge on any atom is -0.354 e. The predicted molar refractivity (Wildman–Crippen MR) is 59.2 cm³/mol. The number of thiol groups is 1. The Labute approximate surface area is 86.1 Å². The third-order valence-electron chi connectivity index (χ3n) is 2.03. The average Bonchev–Trinajstić information content (AvgIpc) is 2.14. The monoisotopic (exact) mass is 204 g/mol. The summed E-state index contributed by atoms with van der Waals surface area (Å²) in [6.45, 7) is 5.08.